The molecule has 0 fully saturated rings. The van der Waals surface area contributed by atoms with Gasteiger partial charge in [0.05, 0.1) is 11.4 Å². The minimum atomic E-state index is -0.122. The number of hydrogen-bond acceptors (Lipinski definition) is 6. The van der Waals surface area contributed by atoms with Crippen LogP contribution in [0.25, 0.3) is 22.6 Å². The van der Waals surface area contributed by atoms with Crippen molar-refractivity contribution in [1.82, 2.24) is 19.7 Å². The summed E-state index contributed by atoms with van der Waals surface area (Å²) < 4.78 is 3.06. The summed E-state index contributed by atoms with van der Waals surface area (Å²) in [6.45, 7) is 9.37. The third kappa shape index (κ3) is 5.76. The Kier molecular flexibility index (Phi) is 7.54. The van der Waals surface area contributed by atoms with Crippen LogP contribution in [0.3, 0.4) is 0 Å². The molecule has 0 atom stereocenters. The van der Waals surface area contributed by atoms with Crippen molar-refractivity contribution in [2.45, 2.75) is 44.8 Å². The van der Waals surface area contributed by atoms with Gasteiger partial charge in [-0.1, -0.05) is 84.9 Å². The molecular weight excluding hydrogens is 530 g/mol. The van der Waals surface area contributed by atoms with Crippen molar-refractivity contribution in [2.75, 3.05) is 11.1 Å². The van der Waals surface area contributed by atoms with Gasteiger partial charge in [-0.15, -0.1) is 21.5 Å². The Morgan fingerprint density at radius 1 is 1.06 bits per heavy atom. The maximum Gasteiger partial charge on any atom is 0.236 e. The zero-order valence-electron chi connectivity index (χ0n) is 19.5. The number of carbonyl (C=O) groups is 1. The monoisotopic (exact) mass is 555 g/mol. The van der Waals surface area contributed by atoms with Gasteiger partial charge in [0.25, 0.3) is 0 Å². The smallest absolute Gasteiger partial charge is 0.236 e. The van der Waals surface area contributed by atoms with E-state index in [0.29, 0.717) is 5.13 Å². The van der Waals surface area contributed by atoms with Gasteiger partial charge in [-0.2, -0.15) is 0 Å². The molecule has 0 radical (unpaired) electrons. The zero-order valence-corrected chi connectivity index (χ0v) is 22.7. The van der Waals surface area contributed by atoms with E-state index in [0.717, 1.165) is 38.8 Å². The molecular formula is C25H26BrN5OS2. The van der Waals surface area contributed by atoms with Gasteiger partial charge < -0.3 is 9.88 Å². The van der Waals surface area contributed by atoms with Gasteiger partial charge >= 0.3 is 0 Å². The summed E-state index contributed by atoms with van der Waals surface area (Å²) >= 11 is 6.23. The number of thiazole rings is 1. The first-order valence-electron chi connectivity index (χ1n) is 10.9. The fourth-order valence-electron chi connectivity index (χ4n) is 3.38. The van der Waals surface area contributed by atoms with Crippen molar-refractivity contribution in [2.24, 2.45) is 0 Å². The van der Waals surface area contributed by atoms with Crippen molar-refractivity contribution < 1.29 is 4.79 Å². The summed E-state index contributed by atoms with van der Waals surface area (Å²) in [6.07, 6.45) is 0. The number of thioether (sulfide) groups is 1. The first-order chi connectivity index (χ1) is 16.2. The number of nitrogens with zero attached hydrogens (tertiary/aromatic N) is 4. The van der Waals surface area contributed by atoms with E-state index >= 15 is 0 Å². The fraction of sp³-hybridized carbons (Fsp3) is 0.280. The normalized spacial score (nSPS) is 11.6. The number of benzene rings is 2. The molecule has 1 amide bonds. The van der Waals surface area contributed by atoms with Crippen molar-refractivity contribution in [3.63, 3.8) is 0 Å². The number of amides is 1. The van der Waals surface area contributed by atoms with E-state index in [2.05, 4.69) is 88.4 Å². The Morgan fingerprint density at radius 2 is 1.74 bits per heavy atom. The third-order valence-corrected chi connectivity index (χ3v) is 7.52. The average molecular weight is 557 g/mol. The highest BCUT2D eigenvalue weighted by molar-refractivity contribution is 9.10. The Hall–Kier alpha value is -2.49. The highest BCUT2D eigenvalue weighted by atomic mass is 79.9. The molecule has 0 saturated carbocycles. The third-order valence-electron chi connectivity index (χ3n) is 5.27. The molecule has 4 aromatic rings. The van der Waals surface area contributed by atoms with Crippen molar-refractivity contribution in [3.05, 3.63) is 63.9 Å². The SMILES string of the molecule is CCn1c(SCC(=O)Nc2nc(-c3ccc(Br)cc3)cs2)nnc1-c1ccc(C(C)(C)C)cc1. The minimum absolute atomic E-state index is 0.0990. The predicted molar refractivity (Wildman–Crippen MR) is 144 cm³/mol. The molecule has 9 heteroatoms. The van der Waals surface area contributed by atoms with Gasteiger partial charge in [-0.05, 0) is 30.0 Å². The average Bonchev–Trinajstić information content (AvgIpc) is 3.44. The quantitative estimate of drug-likeness (QED) is 0.251. The van der Waals surface area contributed by atoms with Crippen LogP contribution in [0.4, 0.5) is 5.13 Å². The lowest BCUT2D eigenvalue weighted by Crippen LogP contribution is -2.14. The predicted octanol–water partition coefficient (Wildman–Crippen LogP) is 6.88. The highest BCUT2D eigenvalue weighted by Crippen LogP contribution is 2.29. The summed E-state index contributed by atoms with van der Waals surface area (Å²) in [5.41, 5.74) is 4.24. The Morgan fingerprint density at radius 3 is 2.38 bits per heavy atom. The summed E-state index contributed by atoms with van der Waals surface area (Å²) in [4.78, 5) is 17.1. The summed E-state index contributed by atoms with van der Waals surface area (Å²) in [7, 11) is 0. The number of nitrogens with one attached hydrogen (secondary N) is 1. The van der Waals surface area contributed by atoms with E-state index in [1.807, 2.05) is 34.2 Å². The maximum absolute atomic E-state index is 12.6. The molecule has 0 spiro atoms. The number of carbonyl (C=O) groups excluding carboxylic acids is 1. The molecule has 2 aromatic carbocycles. The van der Waals surface area contributed by atoms with Crippen LogP contribution in [0.15, 0.2) is 63.5 Å². The second kappa shape index (κ2) is 10.4. The topological polar surface area (TPSA) is 72.7 Å². The molecule has 6 nitrogen and oxygen atoms in total. The van der Waals surface area contributed by atoms with Crippen molar-refractivity contribution in [1.29, 1.82) is 0 Å². The second-order valence-corrected chi connectivity index (χ2v) is 11.5. The number of aromatic nitrogens is 4. The fourth-order valence-corrected chi connectivity index (χ4v) is 5.19. The van der Waals surface area contributed by atoms with E-state index in [-0.39, 0.29) is 17.1 Å². The first kappa shape index (κ1) is 24.6. The number of anilines is 1. The highest BCUT2D eigenvalue weighted by Gasteiger charge is 2.17. The first-order valence-corrected chi connectivity index (χ1v) is 13.6. The van der Waals surface area contributed by atoms with Crippen LogP contribution in [0.2, 0.25) is 0 Å². The van der Waals surface area contributed by atoms with Crippen molar-refractivity contribution >= 4 is 50.1 Å². The van der Waals surface area contributed by atoms with Crippen molar-refractivity contribution in [3.8, 4) is 22.6 Å². The largest absolute Gasteiger partial charge is 0.302 e. The van der Waals surface area contributed by atoms with E-state index in [1.165, 1.54) is 28.7 Å². The van der Waals surface area contributed by atoms with Crippen LogP contribution >= 0.6 is 39.0 Å². The van der Waals surface area contributed by atoms with Crippen LogP contribution in [0.5, 0.6) is 0 Å². The number of rotatable bonds is 7. The Balaban J connectivity index is 1.40. The number of hydrogen-bond donors (Lipinski definition) is 1. The van der Waals surface area contributed by atoms with Gasteiger partial charge in [0.2, 0.25) is 5.91 Å². The molecule has 0 aliphatic rings. The molecule has 1 N–H and O–H groups in total. The van der Waals surface area contributed by atoms with Crippen LogP contribution in [-0.4, -0.2) is 31.4 Å². The van der Waals surface area contributed by atoms with Gasteiger partial charge in [-0.25, -0.2) is 4.98 Å². The minimum Gasteiger partial charge on any atom is -0.302 e. The second-order valence-electron chi connectivity index (χ2n) is 8.76. The molecule has 0 saturated heterocycles. The van der Waals surface area contributed by atoms with Gasteiger partial charge in [-0.3, -0.25) is 4.79 Å². The zero-order chi connectivity index (χ0) is 24.3. The molecule has 2 aromatic heterocycles. The van der Waals surface area contributed by atoms with Gasteiger partial charge in [0.1, 0.15) is 0 Å². The molecule has 0 aliphatic heterocycles. The molecule has 0 aliphatic carbocycles. The van der Waals surface area contributed by atoms with E-state index in [9.17, 15) is 4.79 Å². The number of halogens is 1. The maximum atomic E-state index is 12.6. The Labute approximate surface area is 216 Å². The Bertz CT molecular complexity index is 1270. The van der Waals surface area contributed by atoms with Crippen LogP contribution in [0, 0.1) is 0 Å². The molecule has 34 heavy (non-hydrogen) atoms. The van der Waals surface area contributed by atoms with Gasteiger partial charge in [0, 0.05) is 27.5 Å². The van der Waals surface area contributed by atoms with E-state index in [1.54, 1.807) is 0 Å². The van der Waals surface area contributed by atoms with Gasteiger partial charge in [0.15, 0.2) is 16.1 Å². The lowest BCUT2D eigenvalue weighted by Gasteiger charge is -2.19. The molecule has 0 bridgehead atoms. The summed E-state index contributed by atoms with van der Waals surface area (Å²) in [5.74, 6) is 0.919. The lowest BCUT2D eigenvalue weighted by atomic mass is 9.87. The molecule has 0 unspecified atom stereocenters. The van der Waals surface area contributed by atoms with E-state index < -0.39 is 0 Å². The standard InChI is InChI=1S/C25H26BrN5OS2/c1-5-31-22(17-6-10-18(11-7-17)25(2,3)4)29-30-24(31)34-15-21(32)28-23-27-20(14-33-23)16-8-12-19(26)13-9-16/h6-14H,5,15H2,1-4H3,(H,27,28,32). The van der Waals surface area contributed by atoms with E-state index in [4.69, 9.17) is 0 Å². The van der Waals surface area contributed by atoms with Crippen LogP contribution in [0.1, 0.15) is 33.3 Å². The summed E-state index contributed by atoms with van der Waals surface area (Å²) in [5, 5.41) is 14.9. The molecule has 2 heterocycles. The molecule has 176 valence electrons. The lowest BCUT2D eigenvalue weighted by molar-refractivity contribution is -0.113. The molecule has 4 rings (SSSR count). The summed E-state index contributed by atoms with van der Waals surface area (Å²) in [6, 6.07) is 16.4. The van der Waals surface area contributed by atoms with Crippen LogP contribution in [-0.2, 0) is 16.8 Å². The van der Waals surface area contributed by atoms with Crippen LogP contribution < -0.4 is 5.32 Å².